The number of alkyl halides is 3. The summed E-state index contributed by atoms with van der Waals surface area (Å²) in [6.07, 6.45) is -1.40. The molecular weight excluding hydrogens is 245 g/mol. The van der Waals surface area contributed by atoms with E-state index < -0.39 is 12.7 Å². The maximum Gasteiger partial charge on any atom is 0.406 e. The molecule has 1 atom stereocenters. The van der Waals surface area contributed by atoms with Gasteiger partial charge in [0.25, 0.3) is 0 Å². The van der Waals surface area contributed by atoms with Crippen molar-refractivity contribution in [2.75, 3.05) is 19.6 Å². The van der Waals surface area contributed by atoms with Crippen molar-refractivity contribution in [2.24, 2.45) is 0 Å². The molecule has 0 radical (unpaired) electrons. The lowest BCUT2D eigenvalue weighted by Gasteiger charge is -2.31. The van der Waals surface area contributed by atoms with Gasteiger partial charge in [-0.2, -0.15) is 13.2 Å². The van der Waals surface area contributed by atoms with Gasteiger partial charge in [-0.25, -0.2) is 4.98 Å². The zero-order valence-corrected chi connectivity index (χ0v) is 10.2. The van der Waals surface area contributed by atoms with Crippen molar-refractivity contribution in [1.29, 1.82) is 0 Å². The maximum atomic E-state index is 12.4. The van der Waals surface area contributed by atoms with E-state index in [1.165, 1.54) is 17.0 Å². The highest BCUT2D eigenvalue weighted by Gasteiger charge is 2.29. The molecule has 1 aromatic rings. The topological polar surface area (TPSA) is 33.1 Å². The van der Waals surface area contributed by atoms with Gasteiger partial charge in [-0.15, -0.1) is 0 Å². The molecule has 2 heterocycles. The van der Waals surface area contributed by atoms with Crippen LogP contribution in [0.5, 0.6) is 0 Å². The molecule has 0 bridgehead atoms. The second kappa shape index (κ2) is 5.27. The molecule has 2 rings (SSSR count). The maximum absolute atomic E-state index is 12.4. The highest BCUT2D eigenvalue weighted by Crippen LogP contribution is 2.18. The first-order chi connectivity index (χ1) is 8.44. The lowest BCUT2D eigenvalue weighted by atomic mass is 10.2. The Hall–Kier alpha value is -1.08. The van der Waals surface area contributed by atoms with Crippen LogP contribution in [-0.2, 0) is 13.1 Å². The Bertz CT molecular complexity index is 388. The Labute approximate surface area is 104 Å². The molecule has 1 N–H and O–H groups in total. The summed E-state index contributed by atoms with van der Waals surface area (Å²) >= 11 is 0. The second-order valence-electron chi connectivity index (χ2n) is 4.68. The first-order valence-electron chi connectivity index (χ1n) is 5.96. The summed E-state index contributed by atoms with van der Waals surface area (Å²) in [7, 11) is 0. The monoisotopic (exact) mass is 262 g/mol. The summed E-state index contributed by atoms with van der Waals surface area (Å²) in [6, 6.07) is 0.366. The Kier molecular flexibility index (Phi) is 3.91. The van der Waals surface area contributed by atoms with Gasteiger partial charge >= 0.3 is 6.18 Å². The Morgan fingerprint density at radius 2 is 2.28 bits per heavy atom. The number of imidazole rings is 1. The van der Waals surface area contributed by atoms with Gasteiger partial charge in [0, 0.05) is 38.1 Å². The molecular formula is C11H17F3N4. The molecule has 0 unspecified atom stereocenters. The standard InChI is InChI=1S/C11H17F3N4/c1-9-6-17(4-2-15-9)7-10-16-3-5-18(10)8-11(12,13)14/h3,5,9,15H,2,4,6-8H2,1H3/t9-/m1/s1. The Morgan fingerprint density at radius 3 is 2.94 bits per heavy atom. The third-order valence-corrected chi connectivity index (χ3v) is 2.97. The molecule has 18 heavy (non-hydrogen) atoms. The summed E-state index contributed by atoms with van der Waals surface area (Å²) in [5.41, 5.74) is 0. The van der Waals surface area contributed by atoms with E-state index in [-0.39, 0.29) is 0 Å². The number of halogens is 3. The van der Waals surface area contributed by atoms with Crippen molar-refractivity contribution in [1.82, 2.24) is 19.8 Å². The number of hydrogen-bond donors (Lipinski definition) is 1. The fourth-order valence-electron chi connectivity index (χ4n) is 2.18. The molecule has 0 amide bonds. The van der Waals surface area contributed by atoms with E-state index in [1.807, 2.05) is 0 Å². The quantitative estimate of drug-likeness (QED) is 0.889. The van der Waals surface area contributed by atoms with E-state index in [0.717, 1.165) is 19.6 Å². The minimum Gasteiger partial charge on any atom is -0.325 e. The molecule has 0 spiro atoms. The van der Waals surface area contributed by atoms with Crippen LogP contribution >= 0.6 is 0 Å². The van der Waals surface area contributed by atoms with Gasteiger partial charge in [-0.1, -0.05) is 0 Å². The molecule has 7 heteroatoms. The van der Waals surface area contributed by atoms with Gasteiger partial charge < -0.3 is 9.88 Å². The zero-order chi connectivity index (χ0) is 13.2. The first kappa shape index (κ1) is 13.4. The molecule has 0 saturated carbocycles. The lowest BCUT2D eigenvalue weighted by Crippen LogP contribution is -2.49. The molecule has 4 nitrogen and oxygen atoms in total. The van der Waals surface area contributed by atoms with Crippen LogP contribution in [0.25, 0.3) is 0 Å². The average molecular weight is 262 g/mol. The van der Waals surface area contributed by atoms with Gasteiger partial charge in [0.15, 0.2) is 0 Å². The SMILES string of the molecule is C[C@@H]1CN(Cc2nccn2CC(F)(F)F)CCN1. The summed E-state index contributed by atoms with van der Waals surface area (Å²) in [5.74, 6) is 0.474. The third kappa shape index (κ3) is 3.71. The molecule has 1 aliphatic heterocycles. The number of aromatic nitrogens is 2. The summed E-state index contributed by atoms with van der Waals surface area (Å²) in [5, 5.41) is 3.30. The predicted octanol–water partition coefficient (Wildman–Crippen LogP) is 1.24. The van der Waals surface area contributed by atoms with Crippen molar-refractivity contribution >= 4 is 0 Å². The van der Waals surface area contributed by atoms with E-state index in [0.29, 0.717) is 18.4 Å². The van der Waals surface area contributed by atoms with Crippen LogP contribution in [0.3, 0.4) is 0 Å². The van der Waals surface area contributed by atoms with Gasteiger partial charge in [0.2, 0.25) is 0 Å². The van der Waals surface area contributed by atoms with Crippen LogP contribution in [0.4, 0.5) is 13.2 Å². The minimum absolute atomic E-state index is 0.366. The summed E-state index contributed by atoms with van der Waals surface area (Å²) < 4.78 is 38.3. The normalized spacial score (nSPS) is 22.3. The fourth-order valence-corrected chi connectivity index (χ4v) is 2.18. The van der Waals surface area contributed by atoms with Crippen LogP contribution < -0.4 is 5.32 Å². The van der Waals surface area contributed by atoms with Crippen LogP contribution in [-0.4, -0.2) is 46.3 Å². The van der Waals surface area contributed by atoms with E-state index in [1.54, 1.807) is 0 Å². The van der Waals surface area contributed by atoms with Gasteiger partial charge in [-0.05, 0) is 6.92 Å². The predicted molar refractivity (Wildman–Crippen MR) is 61.0 cm³/mol. The second-order valence-corrected chi connectivity index (χ2v) is 4.68. The van der Waals surface area contributed by atoms with E-state index in [9.17, 15) is 13.2 Å². The Morgan fingerprint density at radius 1 is 1.50 bits per heavy atom. The van der Waals surface area contributed by atoms with Crippen molar-refractivity contribution in [3.63, 3.8) is 0 Å². The average Bonchev–Trinajstić information content (AvgIpc) is 2.63. The number of rotatable bonds is 3. The fraction of sp³-hybridized carbons (Fsp3) is 0.727. The number of piperazine rings is 1. The molecule has 0 aromatic carbocycles. The number of hydrogen-bond acceptors (Lipinski definition) is 3. The van der Waals surface area contributed by atoms with Crippen LogP contribution in [0.2, 0.25) is 0 Å². The van der Waals surface area contributed by atoms with Gasteiger partial charge in [0.05, 0.1) is 6.54 Å². The zero-order valence-electron chi connectivity index (χ0n) is 10.2. The van der Waals surface area contributed by atoms with E-state index >= 15 is 0 Å². The van der Waals surface area contributed by atoms with Crippen LogP contribution in [0, 0.1) is 0 Å². The largest absolute Gasteiger partial charge is 0.406 e. The van der Waals surface area contributed by atoms with E-state index in [4.69, 9.17) is 0 Å². The van der Waals surface area contributed by atoms with E-state index in [2.05, 4.69) is 22.1 Å². The summed E-state index contributed by atoms with van der Waals surface area (Å²) in [4.78, 5) is 6.14. The molecule has 1 aliphatic rings. The molecule has 1 saturated heterocycles. The highest BCUT2D eigenvalue weighted by atomic mass is 19.4. The van der Waals surface area contributed by atoms with Crippen LogP contribution in [0.15, 0.2) is 12.4 Å². The highest BCUT2D eigenvalue weighted by molar-refractivity contribution is 4.94. The van der Waals surface area contributed by atoms with Crippen molar-refractivity contribution in [2.45, 2.75) is 32.2 Å². The van der Waals surface area contributed by atoms with Crippen molar-refractivity contribution < 1.29 is 13.2 Å². The third-order valence-electron chi connectivity index (χ3n) is 2.97. The van der Waals surface area contributed by atoms with Gasteiger partial charge in [-0.3, -0.25) is 4.90 Å². The molecule has 0 aliphatic carbocycles. The number of nitrogens with one attached hydrogen (secondary N) is 1. The van der Waals surface area contributed by atoms with Crippen molar-refractivity contribution in [3.05, 3.63) is 18.2 Å². The molecule has 1 aromatic heterocycles. The van der Waals surface area contributed by atoms with Gasteiger partial charge in [0.1, 0.15) is 12.4 Å². The van der Waals surface area contributed by atoms with Crippen LogP contribution in [0.1, 0.15) is 12.7 Å². The molecule has 1 fully saturated rings. The smallest absolute Gasteiger partial charge is 0.325 e. The minimum atomic E-state index is -4.20. The Balaban J connectivity index is 1.99. The lowest BCUT2D eigenvalue weighted by molar-refractivity contribution is -0.141. The first-order valence-corrected chi connectivity index (χ1v) is 5.96. The summed E-state index contributed by atoms with van der Waals surface area (Å²) in [6.45, 7) is 4.09. The number of nitrogens with zero attached hydrogens (tertiary/aromatic N) is 3. The van der Waals surface area contributed by atoms with Crippen molar-refractivity contribution in [3.8, 4) is 0 Å². The molecule has 102 valence electrons.